The molecule has 2 aromatic carbocycles. The molecule has 2 aromatic heterocycles. The Kier molecular flexibility index (Phi) is 6.47. The number of hydrogen-bond acceptors (Lipinski definition) is 4. The largest absolute Gasteiger partial charge is 0.332 e. The summed E-state index contributed by atoms with van der Waals surface area (Å²) in [6.07, 6.45) is 4.60. The van der Waals surface area contributed by atoms with E-state index in [1.165, 1.54) is 9.78 Å². The average molecular weight is 482 g/mol. The van der Waals surface area contributed by atoms with Crippen molar-refractivity contribution < 1.29 is 9.59 Å². The van der Waals surface area contributed by atoms with Crippen LogP contribution in [0.3, 0.4) is 0 Å². The second-order valence-electron chi connectivity index (χ2n) is 8.74. The average Bonchev–Trinajstić information content (AvgIpc) is 3.53. The summed E-state index contributed by atoms with van der Waals surface area (Å²) in [6.45, 7) is 2.02. The van der Waals surface area contributed by atoms with Crippen molar-refractivity contribution in [2.75, 3.05) is 18.9 Å². The Bertz CT molecular complexity index is 1440. The molecule has 176 valence electrons. The van der Waals surface area contributed by atoms with Gasteiger partial charge >= 0.3 is 0 Å². The van der Waals surface area contributed by atoms with Crippen LogP contribution in [0.5, 0.6) is 0 Å². The Morgan fingerprint density at radius 2 is 1.86 bits per heavy atom. The lowest BCUT2D eigenvalue weighted by atomic mass is 9.99. The van der Waals surface area contributed by atoms with Crippen molar-refractivity contribution in [2.45, 2.75) is 26.2 Å². The second kappa shape index (κ2) is 9.84. The first-order chi connectivity index (χ1) is 17.0. The third kappa shape index (κ3) is 4.62. The first kappa shape index (κ1) is 23.0. The lowest BCUT2D eigenvalue weighted by Crippen LogP contribution is -2.35. The zero-order valence-corrected chi connectivity index (χ0v) is 20.7. The number of thiophene rings is 1. The molecule has 0 aliphatic heterocycles. The molecule has 0 fully saturated rings. The molecular weight excluding hydrogens is 454 g/mol. The van der Waals surface area contributed by atoms with Gasteiger partial charge in [-0.1, -0.05) is 49.4 Å². The number of carbonyl (C=O) groups excluding carboxylic acids is 2. The monoisotopic (exact) mass is 481 g/mol. The zero-order valence-electron chi connectivity index (χ0n) is 19.9. The summed E-state index contributed by atoms with van der Waals surface area (Å²) in [6, 6.07) is 19.6. The first-order valence-corrected chi connectivity index (χ1v) is 12.7. The predicted molar refractivity (Wildman–Crippen MR) is 144 cm³/mol. The van der Waals surface area contributed by atoms with E-state index in [1.807, 2.05) is 54.6 Å². The number of benzene rings is 2. The molecule has 1 N–H and O–H groups in total. The lowest BCUT2D eigenvalue weighted by molar-refractivity contribution is -0.116. The van der Waals surface area contributed by atoms with Gasteiger partial charge in [0, 0.05) is 23.0 Å². The van der Waals surface area contributed by atoms with Crippen LogP contribution in [0.25, 0.3) is 22.6 Å². The Morgan fingerprint density at radius 3 is 2.66 bits per heavy atom. The standard InChI is InChI=1S/C29H27N3O2S/c1-3-19-9-4-6-12-24(19)30-26(33)18-32(2)29(34)27-22-11-5-7-13-25(22)31-28-20(14-15-23(27)28)17-21-10-8-16-35-21/h4-13,16-17H,3,14-15,18H2,1-2H3,(H,30,33)/b20-17-. The second-order valence-corrected chi connectivity index (χ2v) is 9.72. The number of anilines is 1. The van der Waals surface area contributed by atoms with E-state index < -0.39 is 0 Å². The summed E-state index contributed by atoms with van der Waals surface area (Å²) in [5, 5.41) is 5.86. The van der Waals surface area contributed by atoms with E-state index in [0.29, 0.717) is 5.56 Å². The van der Waals surface area contributed by atoms with Gasteiger partial charge in [0.25, 0.3) is 5.91 Å². The van der Waals surface area contributed by atoms with Gasteiger partial charge in [-0.2, -0.15) is 0 Å². The molecular formula is C29H27N3O2S. The van der Waals surface area contributed by atoms with Crippen LogP contribution in [0, 0.1) is 0 Å². The van der Waals surface area contributed by atoms with Gasteiger partial charge in [0.15, 0.2) is 0 Å². The molecule has 0 atom stereocenters. The number of nitrogens with one attached hydrogen (secondary N) is 1. The predicted octanol–water partition coefficient (Wildman–Crippen LogP) is 6.06. The molecule has 0 radical (unpaired) electrons. The van der Waals surface area contributed by atoms with E-state index in [2.05, 4.69) is 29.8 Å². The van der Waals surface area contributed by atoms with Crippen LogP contribution in [0.2, 0.25) is 0 Å². The van der Waals surface area contributed by atoms with Crippen molar-refractivity contribution in [3.05, 3.63) is 93.3 Å². The molecule has 5 rings (SSSR count). The van der Waals surface area contributed by atoms with E-state index in [-0.39, 0.29) is 18.4 Å². The molecule has 2 amide bonds. The molecule has 2 heterocycles. The highest BCUT2D eigenvalue weighted by atomic mass is 32.1. The van der Waals surface area contributed by atoms with Crippen LogP contribution >= 0.6 is 11.3 Å². The Labute approximate surface area is 209 Å². The molecule has 5 nitrogen and oxygen atoms in total. The van der Waals surface area contributed by atoms with Crippen LogP contribution in [-0.4, -0.2) is 35.3 Å². The summed E-state index contributed by atoms with van der Waals surface area (Å²) in [4.78, 5) is 34.2. The highest BCUT2D eigenvalue weighted by Crippen LogP contribution is 2.38. The van der Waals surface area contributed by atoms with Gasteiger partial charge in [-0.3, -0.25) is 9.59 Å². The molecule has 0 unspecified atom stereocenters. The zero-order chi connectivity index (χ0) is 24.4. The normalized spacial score (nSPS) is 13.7. The fraction of sp³-hybridized carbons (Fsp3) is 0.207. The summed E-state index contributed by atoms with van der Waals surface area (Å²) in [5.41, 5.74) is 6.33. The van der Waals surface area contributed by atoms with Crippen LogP contribution in [0.15, 0.2) is 66.0 Å². The van der Waals surface area contributed by atoms with E-state index >= 15 is 0 Å². The maximum atomic E-state index is 13.8. The third-order valence-electron chi connectivity index (χ3n) is 6.42. The van der Waals surface area contributed by atoms with Crippen LogP contribution in [0.1, 0.15) is 45.4 Å². The molecule has 6 heteroatoms. The Morgan fingerprint density at radius 1 is 1.06 bits per heavy atom. The van der Waals surface area contributed by atoms with Crippen molar-refractivity contribution in [1.82, 2.24) is 9.88 Å². The summed E-state index contributed by atoms with van der Waals surface area (Å²) >= 11 is 1.69. The van der Waals surface area contributed by atoms with Crippen LogP contribution < -0.4 is 5.32 Å². The van der Waals surface area contributed by atoms with Gasteiger partial charge in [0.2, 0.25) is 5.91 Å². The minimum Gasteiger partial charge on any atom is -0.332 e. The highest BCUT2D eigenvalue weighted by Gasteiger charge is 2.28. The summed E-state index contributed by atoms with van der Waals surface area (Å²) < 4.78 is 0. The fourth-order valence-electron chi connectivity index (χ4n) is 4.69. The number of nitrogens with zero attached hydrogens (tertiary/aromatic N) is 2. The molecule has 0 saturated carbocycles. The molecule has 35 heavy (non-hydrogen) atoms. The van der Waals surface area contributed by atoms with Gasteiger partial charge in [-0.25, -0.2) is 4.98 Å². The molecule has 4 aromatic rings. The number of fused-ring (bicyclic) bond motifs is 2. The highest BCUT2D eigenvalue weighted by molar-refractivity contribution is 7.10. The van der Waals surface area contributed by atoms with Crippen molar-refractivity contribution in [1.29, 1.82) is 0 Å². The van der Waals surface area contributed by atoms with E-state index in [9.17, 15) is 9.59 Å². The Hall–Kier alpha value is -3.77. The van der Waals surface area contributed by atoms with Gasteiger partial charge in [-0.15, -0.1) is 11.3 Å². The van der Waals surface area contributed by atoms with E-state index in [0.717, 1.165) is 58.2 Å². The minimum atomic E-state index is -0.213. The maximum absolute atomic E-state index is 13.8. The maximum Gasteiger partial charge on any atom is 0.255 e. The van der Waals surface area contributed by atoms with Crippen molar-refractivity contribution in [3.8, 4) is 0 Å². The van der Waals surface area contributed by atoms with Crippen molar-refractivity contribution in [3.63, 3.8) is 0 Å². The SMILES string of the molecule is CCc1ccccc1NC(=O)CN(C)C(=O)c1c2c(nc3ccccc13)/C(=C\c1cccs1)CC2. The Balaban J connectivity index is 1.46. The minimum absolute atomic E-state index is 0.0276. The number of amides is 2. The lowest BCUT2D eigenvalue weighted by Gasteiger charge is -2.20. The number of likely N-dealkylation sites (N-methyl/N-ethyl adjacent to an activating group) is 1. The van der Waals surface area contributed by atoms with E-state index in [4.69, 9.17) is 4.98 Å². The number of hydrogen-bond donors (Lipinski definition) is 1. The molecule has 1 aliphatic rings. The summed E-state index contributed by atoms with van der Waals surface area (Å²) in [7, 11) is 1.69. The summed E-state index contributed by atoms with van der Waals surface area (Å²) in [5.74, 6) is -0.369. The number of carbonyl (C=O) groups is 2. The van der Waals surface area contributed by atoms with Crippen LogP contribution in [-0.2, 0) is 17.6 Å². The fourth-order valence-corrected chi connectivity index (χ4v) is 5.37. The number of para-hydroxylation sites is 2. The number of rotatable bonds is 6. The van der Waals surface area contributed by atoms with Gasteiger partial charge in [0.05, 0.1) is 23.3 Å². The molecule has 1 aliphatic carbocycles. The van der Waals surface area contributed by atoms with E-state index in [1.54, 1.807) is 18.4 Å². The third-order valence-corrected chi connectivity index (χ3v) is 7.23. The molecule has 0 saturated heterocycles. The molecule has 0 bridgehead atoms. The number of aromatic nitrogens is 1. The topological polar surface area (TPSA) is 62.3 Å². The quantitative estimate of drug-likeness (QED) is 0.364. The number of pyridine rings is 1. The van der Waals surface area contributed by atoms with Crippen molar-refractivity contribution >= 4 is 51.4 Å². The van der Waals surface area contributed by atoms with Crippen LogP contribution in [0.4, 0.5) is 5.69 Å². The molecule has 0 spiro atoms. The van der Waals surface area contributed by atoms with Gasteiger partial charge in [0.1, 0.15) is 0 Å². The number of aryl methyl sites for hydroxylation is 1. The van der Waals surface area contributed by atoms with Crippen molar-refractivity contribution in [2.24, 2.45) is 0 Å². The van der Waals surface area contributed by atoms with Gasteiger partial charge in [-0.05, 0) is 65.6 Å². The first-order valence-electron chi connectivity index (χ1n) is 11.8. The smallest absolute Gasteiger partial charge is 0.255 e. The number of allylic oxidation sites excluding steroid dienone is 1. The van der Waals surface area contributed by atoms with Gasteiger partial charge < -0.3 is 10.2 Å².